The Kier molecular flexibility index (Phi) is 9.84. The van der Waals surface area contributed by atoms with Crippen LogP contribution in [0.25, 0.3) is 0 Å². The van der Waals surface area contributed by atoms with Crippen LogP contribution in [0.4, 0.5) is 35.4 Å². The molecule has 1 aliphatic heterocycles. The van der Waals surface area contributed by atoms with E-state index in [1.807, 2.05) is 0 Å². The van der Waals surface area contributed by atoms with Crippen molar-refractivity contribution < 1.29 is 21.6 Å². The molecule has 0 saturated carbocycles. The first kappa shape index (κ1) is 27.3. The molecular weight excluding hydrogens is 501 g/mol. The molecule has 0 atom stereocenters. The average molecular weight is 533 g/mol. The number of benzene rings is 1. The summed E-state index contributed by atoms with van der Waals surface area (Å²) in [4.78, 5) is 2.12. The first-order valence-corrected chi connectivity index (χ1v) is 14.3. The normalized spacial score (nSPS) is 14.5. The third kappa shape index (κ3) is 7.86. The van der Waals surface area contributed by atoms with Gasteiger partial charge in [0.25, 0.3) is 5.13 Å². The molecule has 0 amide bonds. The number of hydrogen-bond donors (Lipinski definition) is 1. The number of nitrogens with one attached hydrogen (secondary N) is 1. The predicted octanol–water partition coefficient (Wildman–Crippen LogP) is 7.11. The van der Waals surface area contributed by atoms with Crippen LogP contribution < -0.4 is 9.62 Å². The number of aromatic nitrogens is 2. The molecule has 1 aromatic heterocycles. The van der Waals surface area contributed by atoms with Crippen LogP contribution in [-0.2, 0) is 16.4 Å². The topological polar surface area (TPSA) is 99.9 Å². The predicted molar refractivity (Wildman–Crippen MR) is 132 cm³/mol. The highest BCUT2D eigenvalue weighted by Crippen LogP contribution is 2.39. The molecule has 0 radical (unpaired) electrons. The summed E-state index contributed by atoms with van der Waals surface area (Å²) in [6, 6.07) is 3.05. The molecule has 0 spiro atoms. The Labute approximate surface area is 208 Å². The number of fused-ring (bicyclic) bond motifs is 1. The first-order valence-electron chi connectivity index (χ1n) is 11.9. The largest absolute Gasteiger partial charge is 0.516 e. The zero-order chi connectivity index (χ0) is 25.3. The molecule has 194 valence electrons. The van der Waals surface area contributed by atoms with Crippen LogP contribution >= 0.6 is 11.3 Å². The van der Waals surface area contributed by atoms with E-state index in [1.165, 1.54) is 43.7 Å². The second-order valence-electron chi connectivity index (χ2n) is 8.54. The fourth-order valence-corrected chi connectivity index (χ4v) is 4.98. The molecule has 3 rings (SSSR count). The molecule has 1 aliphatic rings. The minimum Gasteiger partial charge on any atom is -0.371 e. The SMILES string of the molecule is CCCCCCCCCCN1CCCc2cc(/N=N/c3nncs3)c(NS(=O)(=O)C(F)(F)F)cc21. The Morgan fingerprint density at radius 3 is 2.46 bits per heavy atom. The van der Waals surface area contributed by atoms with Crippen LogP contribution in [0.3, 0.4) is 0 Å². The van der Waals surface area contributed by atoms with Crippen molar-refractivity contribution in [2.45, 2.75) is 76.6 Å². The van der Waals surface area contributed by atoms with Gasteiger partial charge in [0.2, 0.25) is 0 Å². The number of anilines is 2. The molecule has 0 bridgehead atoms. The minimum absolute atomic E-state index is 0.000652. The molecule has 8 nitrogen and oxygen atoms in total. The molecule has 0 fully saturated rings. The van der Waals surface area contributed by atoms with Gasteiger partial charge in [0, 0.05) is 18.8 Å². The van der Waals surface area contributed by atoms with E-state index in [9.17, 15) is 21.6 Å². The fraction of sp³-hybridized carbons (Fsp3) is 0.636. The summed E-state index contributed by atoms with van der Waals surface area (Å²) in [5.41, 5.74) is -2.64. The average Bonchev–Trinajstić information content (AvgIpc) is 3.32. The van der Waals surface area contributed by atoms with Gasteiger partial charge in [0.1, 0.15) is 11.2 Å². The van der Waals surface area contributed by atoms with Gasteiger partial charge in [0.05, 0.1) is 5.69 Å². The maximum Gasteiger partial charge on any atom is 0.516 e. The molecule has 1 N–H and O–H groups in total. The zero-order valence-electron chi connectivity index (χ0n) is 19.7. The van der Waals surface area contributed by atoms with Gasteiger partial charge in [-0.3, -0.25) is 4.72 Å². The second kappa shape index (κ2) is 12.6. The van der Waals surface area contributed by atoms with E-state index in [0.717, 1.165) is 67.8 Å². The lowest BCUT2D eigenvalue weighted by Crippen LogP contribution is -2.32. The van der Waals surface area contributed by atoms with E-state index >= 15 is 0 Å². The summed E-state index contributed by atoms with van der Waals surface area (Å²) in [5.74, 6) is 0. The van der Waals surface area contributed by atoms with Crippen LogP contribution in [0.5, 0.6) is 0 Å². The highest BCUT2D eigenvalue weighted by atomic mass is 32.2. The summed E-state index contributed by atoms with van der Waals surface area (Å²) in [7, 11) is -5.62. The van der Waals surface area contributed by atoms with Crippen molar-refractivity contribution in [3.05, 3.63) is 23.2 Å². The zero-order valence-corrected chi connectivity index (χ0v) is 21.4. The number of alkyl halides is 3. The maximum atomic E-state index is 13.1. The van der Waals surface area contributed by atoms with Crippen molar-refractivity contribution in [2.75, 3.05) is 22.7 Å². The number of unbranched alkanes of at least 4 members (excludes halogenated alkanes) is 7. The summed E-state index contributed by atoms with van der Waals surface area (Å²) >= 11 is 1.10. The monoisotopic (exact) mass is 532 g/mol. The van der Waals surface area contributed by atoms with Gasteiger partial charge in [-0.2, -0.15) is 21.6 Å². The van der Waals surface area contributed by atoms with Crippen LogP contribution in [0.2, 0.25) is 0 Å². The van der Waals surface area contributed by atoms with Gasteiger partial charge in [0.15, 0.2) is 0 Å². The lowest BCUT2D eigenvalue weighted by Gasteiger charge is -2.32. The third-order valence-corrected chi connectivity index (χ3v) is 7.51. The molecule has 0 saturated heterocycles. The van der Waals surface area contributed by atoms with E-state index in [4.69, 9.17) is 0 Å². The van der Waals surface area contributed by atoms with Gasteiger partial charge in [-0.1, -0.05) is 63.2 Å². The molecule has 1 aromatic carbocycles. The molecule has 0 unspecified atom stereocenters. The van der Waals surface area contributed by atoms with Crippen LogP contribution in [0.1, 0.15) is 70.3 Å². The number of aryl methyl sites for hydroxylation is 1. The smallest absolute Gasteiger partial charge is 0.371 e. The summed E-state index contributed by atoms with van der Waals surface area (Å²) in [6.07, 6.45) is 11.0. The Hall–Kier alpha value is -2.28. The molecule has 35 heavy (non-hydrogen) atoms. The number of rotatable bonds is 13. The van der Waals surface area contributed by atoms with Gasteiger partial charge in [-0.25, -0.2) is 0 Å². The molecule has 2 heterocycles. The third-order valence-electron chi connectivity index (χ3n) is 5.83. The standard InChI is InChI=1S/C22H31F3N6O2S2/c1-2-3-4-5-6-7-8-9-12-31-13-10-11-17-14-18(27-29-21-28-26-16-34-21)19(15-20(17)31)30-35(32,33)22(23,24)25/h14-16,30H,2-13H2,1H3/b29-27+. The van der Waals surface area contributed by atoms with E-state index in [1.54, 1.807) is 10.8 Å². The minimum atomic E-state index is -5.62. The number of hydrogen-bond acceptors (Lipinski definition) is 8. The quantitative estimate of drug-likeness (QED) is 0.219. The number of halogens is 3. The Bertz CT molecular complexity index is 1080. The van der Waals surface area contributed by atoms with Crippen molar-refractivity contribution in [2.24, 2.45) is 10.2 Å². The van der Waals surface area contributed by atoms with Crippen LogP contribution in [0.15, 0.2) is 27.9 Å². The van der Waals surface area contributed by atoms with Crippen molar-refractivity contribution >= 4 is 43.6 Å². The summed E-state index contributed by atoms with van der Waals surface area (Å²) < 4.78 is 64.6. The Morgan fingerprint density at radius 2 is 1.80 bits per heavy atom. The Morgan fingerprint density at radius 1 is 1.09 bits per heavy atom. The Balaban J connectivity index is 1.77. The number of azo groups is 1. The lowest BCUT2D eigenvalue weighted by atomic mass is 9.99. The highest BCUT2D eigenvalue weighted by molar-refractivity contribution is 7.93. The summed E-state index contributed by atoms with van der Waals surface area (Å²) in [6.45, 7) is 3.72. The second-order valence-corrected chi connectivity index (χ2v) is 11.0. The van der Waals surface area contributed by atoms with Crippen molar-refractivity contribution in [3.63, 3.8) is 0 Å². The van der Waals surface area contributed by atoms with E-state index in [0.29, 0.717) is 0 Å². The van der Waals surface area contributed by atoms with Crippen LogP contribution in [0, 0.1) is 0 Å². The molecule has 2 aromatic rings. The van der Waals surface area contributed by atoms with E-state index in [-0.39, 0.29) is 16.5 Å². The van der Waals surface area contributed by atoms with Gasteiger partial charge < -0.3 is 4.90 Å². The molecule has 13 heteroatoms. The van der Waals surface area contributed by atoms with Gasteiger partial charge in [-0.15, -0.1) is 20.4 Å². The van der Waals surface area contributed by atoms with Crippen molar-refractivity contribution in [1.82, 2.24) is 10.2 Å². The van der Waals surface area contributed by atoms with Gasteiger partial charge in [-0.05, 0) is 37.0 Å². The highest BCUT2D eigenvalue weighted by Gasteiger charge is 2.46. The first-order chi connectivity index (χ1) is 16.7. The van der Waals surface area contributed by atoms with Crippen molar-refractivity contribution in [1.29, 1.82) is 0 Å². The maximum absolute atomic E-state index is 13.1. The van der Waals surface area contributed by atoms with E-state index < -0.39 is 15.5 Å². The molecular formula is C22H31F3N6O2S2. The fourth-order valence-electron chi connectivity index (χ4n) is 4.04. The lowest BCUT2D eigenvalue weighted by molar-refractivity contribution is -0.0429. The van der Waals surface area contributed by atoms with Crippen molar-refractivity contribution in [3.8, 4) is 0 Å². The molecule has 0 aliphatic carbocycles. The van der Waals surface area contributed by atoms with Gasteiger partial charge >= 0.3 is 15.5 Å². The van der Waals surface area contributed by atoms with E-state index in [2.05, 4.69) is 32.2 Å². The number of nitrogens with zero attached hydrogens (tertiary/aromatic N) is 5. The summed E-state index contributed by atoms with van der Waals surface area (Å²) in [5, 5.41) is 15.5. The van der Waals surface area contributed by atoms with Crippen LogP contribution in [-0.4, -0.2) is 37.2 Å². The number of sulfonamides is 1.